The summed E-state index contributed by atoms with van der Waals surface area (Å²) in [6.07, 6.45) is 1.73. The molecule has 2 atom stereocenters. The summed E-state index contributed by atoms with van der Waals surface area (Å²) in [5.41, 5.74) is 3.53. The smallest absolute Gasteiger partial charge is 0.162 e. The highest BCUT2D eigenvalue weighted by Crippen LogP contribution is 2.37. The molecule has 0 spiro atoms. The number of ether oxygens (including phenoxy) is 2. The lowest BCUT2D eigenvalue weighted by molar-refractivity contribution is -0.265. The molecule has 1 unspecified atom stereocenters. The van der Waals surface area contributed by atoms with Crippen LogP contribution in [0.1, 0.15) is 31.1 Å². The number of carbonyl (C=O) groups is 1. The van der Waals surface area contributed by atoms with Crippen molar-refractivity contribution in [1.82, 2.24) is 10.3 Å². The predicted octanol–water partition coefficient (Wildman–Crippen LogP) is 2.32. The van der Waals surface area contributed by atoms with E-state index in [4.69, 9.17) is 9.47 Å². The van der Waals surface area contributed by atoms with Crippen molar-refractivity contribution in [2.45, 2.75) is 38.1 Å². The lowest BCUT2D eigenvalue weighted by Gasteiger charge is -2.40. The van der Waals surface area contributed by atoms with Gasteiger partial charge in [-0.05, 0) is 31.9 Å². The van der Waals surface area contributed by atoms with Gasteiger partial charge in [-0.25, -0.2) is 0 Å². The average Bonchev–Trinajstić information content (AvgIpc) is 2.93. The van der Waals surface area contributed by atoms with Crippen molar-refractivity contribution in [3.8, 4) is 0 Å². The third kappa shape index (κ3) is 2.59. The van der Waals surface area contributed by atoms with Gasteiger partial charge in [-0.3, -0.25) is 5.32 Å². The fourth-order valence-corrected chi connectivity index (χ4v) is 3.66. The Morgan fingerprint density at radius 3 is 2.70 bits per heavy atom. The van der Waals surface area contributed by atoms with E-state index in [2.05, 4.69) is 22.4 Å². The topological polar surface area (TPSA) is 63.3 Å². The molecule has 1 fully saturated rings. The van der Waals surface area contributed by atoms with Crippen LogP contribution in [0.3, 0.4) is 0 Å². The van der Waals surface area contributed by atoms with Crippen LogP contribution in [0.15, 0.2) is 24.3 Å². The molecule has 4 rings (SSSR count). The maximum Gasteiger partial charge on any atom is 0.162 e. The first-order chi connectivity index (χ1) is 11.1. The summed E-state index contributed by atoms with van der Waals surface area (Å²) in [4.78, 5) is 15.0. The van der Waals surface area contributed by atoms with Crippen LogP contribution in [-0.2, 0) is 20.7 Å². The molecule has 5 heteroatoms. The monoisotopic (exact) mass is 314 g/mol. The van der Waals surface area contributed by atoms with E-state index in [1.807, 2.05) is 26.0 Å². The number of aldehydes is 1. The van der Waals surface area contributed by atoms with E-state index in [-0.39, 0.29) is 18.0 Å². The van der Waals surface area contributed by atoms with Crippen LogP contribution in [0.25, 0.3) is 10.9 Å². The molecule has 2 aliphatic heterocycles. The van der Waals surface area contributed by atoms with Gasteiger partial charge in [0.25, 0.3) is 0 Å². The van der Waals surface area contributed by atoms with Gasteiger partial charge >= 0.3 is 0 Å². The summed E-state index contributed by atoms with van der Waals surface area (Å²) < 4.78 is 11.6. The Hall–Kier alpha value is -1.69. The largest absolute Gasteiger partial charge is 0.357 e. The summed E-state index contributed by atoms with van der Waals surface area (Å²) in [6, 6.07) is 8.14. The van der Waals surface area contributed by atoms with Crippen LogP contribution in [-0.4, -0.2) is 36.3 Å². The highest BCUT2D eigenvalue weighted by Gasteiger charge is 2.38. The number of benzene rings is 1. The van der Waals surface area contributed by atoms with E-state index in [9.17, 15) is 4.79 Å². The van der Waals surface area contributed by atoms with Gasteiger partial charge in [0.2, 0.25) is 0 Å². The van der Waals surface area contributed by atoms with Crippen molar-refractivity contribution < 1.29 is 14.3 Å². The van der Waals surface area contributed by atoms with Crippen LogP contribution < -0.4 is 5.32 Å². The zero-order valence-corrected chi connectivity index (χ0v) is 13.5. The second-order valence-electron chi connectivity index (χ2n) is 6.94. The molecule has 1 saturated heterocycles. The summed E-state index contributed by atoms with van der Waals surface area (Å²) in [6.45, 7) is 5.09. The second kappa shape index (κ2) is 5.44. The van der Waals surface area contributed by atoms with Crippen molar-refractivity contribution in [2.75, 3.05) is 13.2 Å². The minimum Gasteiger partial charge on any atom is -0.357 e. The van der Waals surface area contributed by atoms with E-state index in [1.54, 1.807) is 0 Å². The molecule has 0 saturated carbocycles. The maximum atomic E-state index is 11.4. The number of nitrogens with one attached hydrogen (secondary N) is 2. The lowest BCUT2D eigenvalue weighted by atomic mass is 9.87. The van der Waals surface area contributed by atoms with Gasteiger partial charge in [0, 0.05) is 22.5 Å². The molecule has 3 heterocycles. The van der Waals surface area contributed by atoms with E-state index >= 15 is 0 Å². The molecular weight excluding hydrogens is 292 g/mol. The van der Waals surface area contributed by atoms with Crippen LogP contribution >= 0.6 is 0 Å². The summed E-state index contributed by atoms with van der Waals surface area (Å²) in [7, 11) is 0. The van der Waals surface area contributed by atoms with Gasteiger partial charge in [0.15, 0.2) is 5.79 Å². The van der Waals surface area contributed by atoms with E-state index in [0.29, 0.717) is 13.2 Å². The zero-order chi connectivity index (χ0) is 16.0. The molecule has 23 heavy (non-hydrogen) atoms. The summed E-state index contributed by atoms with van der Waals surface area (Å²) in [5, 5.41) is 4.67. The zero-order valence-electron chi connectivity index (χ0n) is 13.5. The number of carbonyl (C=O) groups excluding carboxylic acids is 1. The Morgan fingerprint density at radius 1 is 1.22 bits per heavy atom. The molecular formula is C18H22N2O3. The summed E-state index contributed by atoms with van der Waals surface area (Å²) in [5.74, 6) is -0.351. The SMILES string of the molecule is CC1(C)OCC(C2N[C@H](C=O)Cc3c2[nH]c2ccccc32)CO1. The van der Waals surface area contributed by atoms with Gasteiger partial charge in [0.05, 0.1) is 25.3 Å². The van der Waals surface area contributed by atoms with Crippen molar-refractivity contribution >= 4 is 17.2 Å². The maximum absolute atomic E-state index is 11.4. The lowest BCUT2D eigenvalue weighted by Crippen LogP contribution is -2.49. The van der Waals surface area contributed by atoms with Crippen LogP contribution in [0.5, 0.6) is 0 Å². The van der Waals surface area contributed by atoms with Crippen LogP contribution in [0.4, 0.5) is 0 Å². The minimum atomic E-state index is -0.529. The predicted molar refractivity (Wildman–Crippen MR) is 87.2 cm³/mol. The van der Waals surface area contributed by atoms with Crippen LogP contribution in [0.2, 0.25) is 0 Å². The van der Waals surface area contributed by atoms with Crippen molar-refractivity contribution in [3.05, 3.63) is 35.5 Å². The molecule has 0 radical (unpaired) electrons. The molecule has 1 aromatic heterocycles. The van der Waals surface area contributed by atoms with Gasteiger partial charge in [-0.15, -0.1) is 0 Å². The fraction of sp³-hybridized carbons (Fsp3) is 0.500. The average molecular weight is 314 g/mol. The molecule has 0 bridgehead atoms. The minimum absolute atomic E-state index is 0.0393. The summed E-state index contributed by atoms with van der Waals surface area (Å²) >= 11 is 0. The molecule has 122 valence electrons. The third-order valence-electron chi connectivity index (χ3n) is 4.90. The number of hydrogen-bond acceptors (Lipinski definition) is 4. The number of fused-ring (bicyclic) bond motifs is 3. The number of H-pyrrole nitrogens is 1. The molecule has 2 aliphatic rings. The third-order valence-corrected chi connectivity index (χ3v) is 4.90. The molecule has 2 N–H and O–H groups in total. The number of aromatic nitrogens is 1. The number of aromatic amines is 1. The van der Waals surface area contributed by atoms with E-state index in [1.165, 1.54) is 16.6 Å². The first kappa shape index (κ1) is 14.9. The van der Waals surface area contributed by atoms with Gasteiger partial charge in [0.1, 0.15) is 6.29 Å². The Morgan fingerprint density at radius 2 is 1.96 bits per heavy atom. The number of rotatable bonds is 2. The molecule has 0 amide bonds. The quantitative estimate of drug-likeness (QED) is 0.835. The highest BCUT2D eigenvalue weighted by atomic mass is 16.7. The van der Waals surface area contributed by atoms with Gasteiger partial charge < -0.3 is 19.3 Å². The fourth-order valence-electron chi connectivity index (χ4n) is 3.66. The normalized spacial score (nSPS) is 27.7. The van der Waals surface area contributed by atoms with Crippen LogP contribution in [0, 0.1) is 5.92 Å². The second-order valence-corrected chi connectivity index (χ2v) is 6.94. The first-order valence-electron chi connectivity index (χ1n) is 8.16. The van der Waals surface area contributed by atoms with Gasteiger partial charge in [-0.2, -0.15) is 0 Å². The van der Waals surface area contributed by atoms with Crippen molar-refractivity contribution in [2.24, 2.45) is 5.92 Å². The standard InChI is InChI=1S/C18H22N2O3/c1-18(2)22-9-11(10-23-18)16-17-14(7-12(8-21)19-16)13-5-3-4-6-15(13)20-17/h3-6,8,11-12,16,19-20H,7,9-10H2,1-2H3/t12-,16?/m0/s1. The Balaban J connectivity index is 1.72. The van der Waals surface area contributed by atoms with E-state index < -0.39 is 5.79 Å². The van der Waals surface area contributed by atoms with Crippen molar-refractivity contribution in [1.29, 1.82) is 0 Å². The molecule has 5 nitrogen and oxygen atoms in total. The number of para-hydroxylation sites is 1. The first-order valence-corrected chi connectivity index (χ1v) is 8.16. The van der Waals surface area contributed by atoms with E-state index in [0.717, 1.165) is 18.2 Å². The molecule has 1 aromatic carbocycles. The highest BCUT2D eigenvalue weighted by molar-refractivity contribution is 5.85. The Labute approximate surface area is 135 Å². The molecule has 2 aromatic rings. The molecule has 0 aliphatic carbocycles. The Bertz CT molecular complexity index is 727. The Kier molecular flexibility index (Phi) is 3.52. The number of hydrogen-bond donors (Lipinski definition) is 2. The van der Waals surface area contributed by atoms with Gasteiger partial charge in [-0.1, -0.05) is 18.2 Å². The van der Waals surface area contributed by atoms with Crippen molar-refractivity contribution in [3.63, 3.8) is 0 Å².